The number of thiophene rings is 1. The normalized spacial score (nSPS) is 13.0. The molecule has 0 aliphatic heterocycles. The van der Waals surface area contributed by atoms with Crippen LogP contribution >= 0.6 is 11.3 Å². The number of fused-ring (bicyclic) bond motifs is 3. The number of rotatable bonds is 4. The Hall–Kier alpha value is -3.19. The first-order valence-corrected chi connectivity index (χ1v) is 9.95. The second-order valence-corrected chi connectivity index (χ2v) is 7.85. The molecule has 1 N–H and O–H groups in total. The molecular formula is C21H17N3O3S. The largest absolute Gasteiger partial charge is 0.454 e. The summed E-state index contributed by atoms with van der Waals surface area (Å²) in [5, 5.41) is 0.701. The Morgan fingerprint density at radius 1 is 1.21 bits per heavy atom. The Kier molecular flexibility index (Phi) is 4.09. The molecule has 28 heavy (non-hydrogen) atoms. The van der Waals surface area contributed by atoms with Gasteiger partial charge in [-0.2, -0.15) is 0 Å². The Bertz CT molecular complexity index is 1240. The van der Waals surface area contributed by atoms with Gasteiger partial charge in [0.05, 0.1) is 10.9 Å². The summed E-state index contributed by atoms with van der Waals surface area (Å²) < 4.78 is 7.31. The topological polar surface area (TPSA) is 77.0 Å². The fourth-order valence-corrected chi connectivity index (χ4v) is 4.91. The number of hydrogen-bond donors (Lipinski definition) is 1. The molecule has 0 unspecified atom stereocenters. The fraction of sp³-hybridized carbons (Fsp3) is 0.190. The van der Waals surface area contributed by atoms with Crippen LogP contribution in [0.1, 0.15) is 33.0 Å². The maximum absolute atomic E-state index is 12.5. The molecular weight excluding hydrogens is 374 g/mol. The number of aryl methyl sites for hydroxylation is 2. The lowest BCUT2D eigenvalue weighted by Gasteiger charge is -2.07. The molecule has 0 saturated heterocycles. The zero-order valence-electron chi connectivity index (χ0n) is 15.0. The minimum atomic E-state index is -0.453. The number of esters is 1. The maximum atomic E-state index is 12.5. The molecule has 0 spiro atoms. The summed E-state index contributed by atoms with van der Waals surface area (Å²) in [5.41, 5.74) is 2.31. The lowest BCUT2D eigenvalue weighted by molar-refractivity contribution is 0.0462. The molecule has 0 fully saturated rings. The highest BCUT2D eigenvalue weighted by Crippen LogP contribution is 2.34. The molecule has 0 radical (unpaired) electrons. The molecule has 1 aliphatic carbocycles. The van der Waals surface area contributed by atoms with E-state index in [0.29, 0.717) is 16.8 Å². The molecule has 4 aromatic rings. The number of ether oxygens (including phenoxy) is 1. The van der Waals surface area contributed by atoms with Crippen molar-refractivity contribution in [3.8, 4) is 5.69 Å². The van der Waals surface area contributed by atoms with Crippen molar-refractivity contribution >= 4 is 27.5 Å². The van der Waals surface area contributed by atoms with Crippen molar-refractivity contribution in [3.63, 3.8) is 0 Å². The first-order valence-electron chi connectivity index (χ1n) is 9.13. The van der Waals surface area contributed by atoms with Crippen LogP contribution in [-0.4, -0.2) is 20.5 Å². The van der Waals surface area contributed by atoms with Crippen LogP contribution in [0.4, 0.5) is 0 Å². The monoisotopic (exact) mass is 391 g/mol. The van der Waals surface area contributed by atoms with Gasteiger partial charge in [-0.3, -0.25) is 4.79 Å². The van der Waals surface area contributed by atoms with Gasteiger partial charge < -0.3 is 14.3 Å². The molecule has 140 valence electrons. The third-order valence-corrected chi connectivity index (χ3v) is 6.13. The van der Waals surface area contributed by atoms with E-state index in [1.165, 1.54) is 4.88 Å². The zero-order valence-corrected chi connectivity index (χ0v) is 15.8. The van der Waals surface area contributed by atoms with Gasteiger partial charge in [-0.05, 0) is 55.2 Å². The predicted octanol–water partition coefficient (Wildman–Crippen LogP) is 3.62. The minimum absolute atomic E-state index is 0.0691. The summed E-state index contributed by atoms with van der Waals surface area (Å²) in [6, 6.07) is 11.0. The molecule has 1 aromatic carbocycles. The number of aromatic nitrogens is 3. The Morgan fingerprint density at radius 3 is 2.93 bits per heavy atom. The van der Waals surface area contributed by atoms with Crippen LogP contribution in [0.25, 0.3) is 15.9 Å². The van der Waals surface area contributed by atoms with Crippen molar-refractivity contribution in [2.45, 2.75) is 25.9 Å². The fourth-order valence-electron chi connectivity index (χ4n) is 3.63. The summed E-state index contributed by atoms with van der Waals surface area (Å²) >= 11 is 1.57. The summed E-state index contributed by atoms with van der Waals surface area (Å²) in [6.07, 6.45) is 6.86. The first kappa shape index (κ1) is 16.9. The van der Waals surface area contributed by atoms with Gasteiger partial charge in [0.25, 0.3) is 5.56 Å². The Balaban J connectivity index is 1.36. The van der Waals surface area contributed by atoms with Crippen molar-refractivity contribution in [3.05, 3.63) is 81.0 Å². The summed E-state index contributed by atoms with van der Waals surface area (Å²) in [6.45, 7) is -0.0691. The lowest BCUT2D eigenvalue weighted by atomic mass is 10.2. The van der Waals surface area contributed by atoms with Gasteiger partial charge in [0.1, 0.15) is 17.3 Å². The van der Waals surface area contributed by atoms with Crippen LogP contribution in [0.3, 0.4) is 0 Å². The van der Waals surface area contributed by atoms with E-state index < -0.39 is 5.97 Å². The molecule has 3 heterocycles. The second kappa shape index (κ2) is 6.76. The number of aromatic amines is 1. The van der Waals surface area contributed by atoms with Crippen LogP contribution in [0, 0.1) is 0 Å². The highest BCUT2D eigenvalue weighted by Gasteiger charge is 2.21. The standard InChI is InChI=1S/C21H17N3O3S/c25-19-18-15-7-4-8-16(15)28-20(18)23-17(22-19)12-27-21(26)13-5-3-6-14(11-13)24-9-1-2-10-24/h1-3,5-6,9-11H,4,7-8,12H2,(H,22,23,25). The molecule has 0 amide bonds. The molecule has 1 aliphatic rings. The van der Waals surface area contributed by atoms with Crippen molar-refractivity contribution in [2.75, 3.05) is 0 Å². The van der Waals surface area contributed by atoms with E-state index >= 15 is 0 Å². The molecule has 3 aromatic heterocycles. The number of nitrogens with one attached hydrogen (secondary N) is 1. The van der Waals surface area contributed by atoms with Crippen LogP contribution in [0.5, 0.6) is 0 Å². The number of hydrogen-bond acceptors (Lipinski definition) is 5. The number of benzene rings is 1. The van der Waals surface area contributed by atoms with E-state index in [1.807, 2.05) is 41.2 Å². The number of H-pyrrole nitrogens is 1. The molecule has 5 rings (SSSR count). The van der Waals surface area contributed by atoms with Gasteiger partial charge in [-0.15, -0.1) is 11.3 Å². The molecule has 0 bridgehead atoms. The third kappa shape index (κ3) is 2.93. The van der Waals surface area contributed by atoms with Crippen LogP contribution in [0.15, 0.2) is 53.6 Å². The van der Waals surface area contributed by atoms with Crippen molar-refractivity contribution in [2.24, 2.45) is 0 Å². The molecule has 6 nitrogen and oxygen atoms in total. The summed E-state index contributed by atoms with van der Waals surface area (Å²) in [7, 11) is 0. The Labute approximate surface area is 164 Å². The number of carbonyl (C=O) groups excluding carboxylic acids is 1. The van der Waals surface area contributed by atoms with E-state index in [-0.39, 0.29) is 12.2 Å². The van der Waals surface area contributed by atoms with E-state index in [2.05, 4.69) is 9.97 Å². The first-order chi connectivity index (χ1) is 13.7. The van der Waals surface area contributed by atoms with Gasteiger partial charge in [-0.1, -0.05) is 6.07 Å². The highest BCUT2D eigenvalue weighted by atomic mass is 32.1. The smallest absolute Gasteiger partial charge is 0.338 e. The van der Waals surface area contributed by atoms with Crippen molar-refractivity contribution in [1.29, 1.82) is 0 Å². The van der Waals surface area contributed by atoms with Gasteiger partial charge in [0.2, 0.25) is 0 Å². The van der Waals surface area contributed by atoms with Crippen LogP contribution < -0.4 is 5.56 Å². The molecule has 0 atom stereocenters. The van der Waals surface area contributed by atoms with Crippen molar-refractivity contribution in [1.82, 2.24) is 14.5 Å². The summed E-state index contributed by atoms with van der Waals surface area (Å²) in [5.74, 6) is -0.0854. The lowest BCUT2D eigenvalue weighted by Crippen LogP contribution is -2.14. The number of nitrogens with zero attached hydrogens (tertiary/aromatic N) is 2. The summed E-state index contributed by atoms with van der Waals surface area (Å²) in [4.78, 5) is 34.2. The third-order valence-electron chi connectivity index (χ3n) is 4.95. The van der Waals surface area contributed by atoms with E-state index in [4.69, 9.17) is 4.74 Å². The number of carbonyl (C=O) groups is 1. The average Bonchev–Trinajstić information content (AvgIpc) is 3.43. The average molecular weight is 391 g/mol. The molecule has 0 saturated carbocycles. The van der Waals surface area contributed by atoms with Crippen molar-refractivity contribution < 1.29 is 9.53 Å². The quantitative estimate of drug-likeness (QED) is 0.539. The van der Waals surface area contributed by atoms with Gasteiger partial charge >= 0.3 is 5.97 Å². The Morgan fingerprint density at radius 2 is 2.07 bits per heavy atom. The van der Waals surface area contributed by atoms with Gasteiger partial charge in [0.15, 0.2) is 0 Å². The van der Waals surface area contributed by atoms with E-state index in [1.54, 1.807) is 23.5 Å². The predicted molar refractivity (Wildman–Crippen MR) is 107 cm³/mol. The zero-order chi connectivity index (χ0) is 19.1. The highest BCUT2D eigenvalue weighted by molar-refractivity contribution is 7.18. The second-order valence-electron chi connectivity index (χ2n) is 6.77. The van der Waals surface area contributed by atoms with Crippen LogP contribution in [0.2, 0.25) is 0 Å². The van der Waals surface area contributed by atoms with Gasteiger partial charge in [0, 0.05) is 23.0 Å². The minimum Gasteiger partial charge on any atom is -0.454 e. The SMILES string of the molecule is O=C(OCc1nc2sc3c(c2c(=O)[nH]1)CCC3)c1cccc(-n2cccc2)c1. The maximum Gasteiger partial charge on any atom is 0.338 e. The van der Waals surface area contributed by atoms with Crippen LogP contribution in [-0.2, 0) is 24.2 Å². The van der Waals surface area contributed by atoms with E-state index in [0.717, 1.165) is 35.3 Å². The van der Waals surface area contributed by atoms with Gasteiger partial charge in [-0.25, -0.2) is 9.78 Å². The van der Waals surface area contributed by atoms with E-state index in [9.17, 15) is 9.59 Å². The molecule has 7 heteroatoms.